The van der Waals surface area contributed by atoms with E-state index in [-0.39, 0.29) is 45.1 Å². The van der Waals surface area contributed by atoms with Crippen molar-refractivity contribution >= 4 is 35.1 Å². The number of amides is 2. The smallest absolute Gasteiger partial charge is 0.330 e. The van der Waals surface area contributed by atoms with Crippen LogP contribution < -0.4 is 20.1 Å². The second-order valence-electron chi connectivity index (χ2n) is 8.43. The molecule has 0 spiro atoms. The number of non-ortho nitro benzene ring substituents is 2. The third-order valence-corrected chi connectivity index (χ3v) is 5.94. The van der Waals surface area contributed by atoms with Crippen LogP contribution in [0, 0.1) is 20.2 Å². The SMILES string of the molecule is COc1cc(C(NC(=O)c2ccc([N+](=O)[O-])cc2)C(=O)O)c(C(NC(=O)c2ccc([N+](=O)[O-])cc2)C(=O)O)cc1OC. The molecule has 0 aromatic heterocycles. The Bertz CT molecular complexity index is 1440. The summed E-state index contributed by atoms with van der Waals surface area (Å²) in [5, 5.41) is 46.4. The van der Waals surface area contributed by atoms with Gasteiger partial charge in [-0.1, -0.05) is 0 Å². The lowest BCUT2D eigenvalue weighted by Gasteiger charge is -2.24. The predicted octanol–water partition coefficient (Wildman–Crippen LogP) is 2.63. The van der Waals surface area contributed by atoms with Crippen molar-refractivity contribution in [3.8, 4) is 11.5 Å². The van der Waals surface area contributed by atoms with Crippen LogP contribution in [-0.2, 0) is 9.59 Å². The lowest BCUT2D eigenvalue weighted by molar-refractivity contribution is -0.385. The molecule has 3 aromatic carbocycles. The molecule has 3 rings (SSSR count). The highest BCUT2D eigenvalue weighted by atomic mass is 16.6. The summed E-state index contributed by atoms with van der Waals surface area (Å²) in [6.45, 7) is 0. The van der Waals surface area contributed by atoms with Gasteiger partial charge in [0.1, 0.15) is 0 Å². The largest absolute Gasteiger partial charge is 0.493 e. The Morgan fingerprint density at radius 3 is 1.21 bits per heavy atom. The maximum atomic E-state index is 12.9. The molecule has 4 N–H and O–H groups in total. The van der Waals surface area contributed by atoms with Crippen molar-refractivity contribution in [3.63, 3.8) is 0 Å². The average Bonchev–Trinajstić information content (AvgIpc) is 2.97. The summed E-state index contributed by atoms with van der Waals surface area (Å²) in [6, 6.07) is 7.02. The maximum absolute atomic E-state index is 12.9. The molecule has 3 aromatic rings. The van der Waals surface area contributed by atoms with Crippen molar-refractivity contribution in [1.29, 1.82) is 0 Å². The van der Waals surface area contributed by atoms with Crippen LogP contribution in [0.25, 0.3) is 0 Å². The van der Waals surface area contributed by atoms with Gasteiger partial charge >= 0.3 is 11.9 Å². The molecule has 0 aliphatic rings. The number of carboxylic acid groups (broad SMARTS) is 2. The second-order valence-corrected chi connectivity index (χ2v) is 8.43. The number of hydrogen-bond donors (Lipinski definition) is 4. The Kier molecular flexibility index (Phi) is 9.33. The van der Waals surface area contributed by atoms with Gasteiger partial charge in [0.25, 0.3) is 23.2 Å². The number of ether oxygens (including phenoxy) is 2. The number of carbonyl (C=O) groups excluding carboxylic acids is 2. The first-order valence-electron chi connectivity index (χ1n) is 11.7. The molecule has 2 unspecified atom stereocenters. The van der Waals surface area contributed by atoms with Crippen molar-refractivity contribution in [3.05, 3.63) is 103 Å². The van der Waals surface area contributed by atoms with Gasteiger partial charge in [0.2, 0.25) is 0 Å². The maximum Gasteiger partial charge on any atom is 0.330 e. The molecule has 16 nitrogen and oxygen atoms in total. The van der Waals surface area contributed by atoms with E-state index in [0.29, 0.717) is 0 Å². The zero-order valence-corrected chi connectivity index (χ0v) is 21.8. The third-order valence-electron chi connectivity index (χ3n) is 5.94. The Hall–Kier alpha value is -6.06. The molecule has 16 heteroatoms. The van der Waals surface area contributed by atoms with E-state index in [4.69, 9.17) is 9.47 Å². The topological polar surface area (TPSA) is 238 Å². The Morgan fingerprint density at radius 1 is 0.667 bits per heavy atom. The predicted molar refractivity (Wildman–Crippen MR) is 141 cm³/mol. The minimum absolute atomic E-state index is 0.0297. The Labute approximate surface area is 235 Å². The van der Waals surface area contributed by atoms with Crippen LogP contribution in [0.3, 0.4) is 0 Å². The van der Waals surface area contributed by atoms with Crippen LogP contribution in [0.4, 0.5) is 11.4 Å². The molecule has 2 atom stereocenters. The molecule has 0 saturated carbocycles. The summed E-state index contributed by atoms with van der Waals surface area (Å²) < 4.78 is 10.4. The van der Waals surface area contributed by atoms with Gasteiger partial charge in [-0.05, 0) is 47.5 Å². The van der Waals surface area contributed by atoms with Gasteiger partial charge < -0.3 is 30.3 Å². The molecule has 0 fully saturated rings. The molecule has 0 heterocycles. The summed E-state index contributed by atoms with van der Waals surface area (Å²) in [5.74, 6) is -5.22. The average molecular weight is 582 g/mol. The highest BCUT2D eigenvalue weighted by Gasteiger charge is 2.33. The number of methoxy groups -OCH3 is 2. The summed E-state index contributed by atoms with van der Waals surface area (Å²) in [4.78, 5) is 71.0. The minimum atomic E-state index is -1.90. The standard InChI is InChI=1S/C26H22N4O12/c1-41-19-11-17(21(25(33)34)27-23(31)13-3-7-15(8-4-13)29(37)38)18(12-20(19)42-2)22(26(35)36)28-24(32)14-5-9-16(10-6-14)30(39)40/h3-12,21-22H,1-2H3,(H,27,31)(H,28,32)(H,33,34)(H,35,36). The molecular weight excluding hydrogens is 560 g/mol. The molecule has 218 valence electrons. The van der Waals surface area contributed by atoms with E-state index in [1.165, 1.54) is 14.2 Å². The quantitative estimate of drug-likeness (QED) is 0.178. The van der Waals surface area contributed by atoms with Gasteiger partial charge in [-0.3, -0.25) is 29.8 Å². The number of nitrogens with zero attached hydrogens (tertiary/aromatic N) is 2. The molecule has 2 amide bonds. The zero-order valence-electron chi connectivity index (χ0n) is 21.8. The van der Waals surface area contributed by atoms with Crippen molar-refractivity contribution in [2.45, 2.75) is 12.1 Å². The third kappa shape index (κ3) is 6.74. The first-order chi connectivity index (χ1) is 19.9. The van der Waals surface area contributed by atoms with E-state index in [9.17, 15) is 49.6 Å². The number of carboxylic acids is 2. The fraction of sp³-hybridized carbons (Fsp3) is 0.154. The van der Waals surface area contributed by atoms with Crippen LogP contribution >= 0.6 is 0 Å². The lowest BCUT2D eigenvalue weighted by atomic mass is 9.93. The highest BCUT2D eigenvalue weighted by molar-refractivity contribution is 5.98. The molecule has 0 radical (unpaired) electrons. The van der Waals surface area contributed by atoms with Crippen LogP contribution in [0.5, 0.6) is 11.5 Å². The number of benzene rings is 3. The molecule has 0 aliphatic carbocycles. The van der Waals surface area contributed by atoms with Crippen LogP contribution in [0.2, 0.25) is 0 Å². The van der Waals surface area contributed by atoms with Gasteiger partial charge in [0, 0.05) is 35.4 Å². The molecule has 0 saturated heterocycles. The van der Waals surface area contributed by atoms with Gasteiger partial charge in [-0.25, -0.2) is 9.59 Å². The van der Waals surface area contributed by atoms with Crippen molar-refractivity contribution in [1.82, 2.24) is 10.6 Å². The van der Waals surface area contributed by atoms with Crippen LogP contribution in [0.1, 0.15) is 43.9 Å². The van der Waals surface area contributed by atoms with Crippen LogP contribution in [-0.4, -0.2) is 58.0 Å². The molecular formula is C26H22N4O12. The van der Waals surface area contributed by atoms with E-state index >= 15 is 0 Å². The first kappa shape index (κ1) is 30.5. The minimum Gasteiger partial charge on any atom is -0.493 e. The number of nitro groups is 2. The number of rotatable bonds is 12. The van der Waals surface area contributed by atoms with Crippen LogP contribution in [0.15, 0.2) is 60.7 Å². The normalized spacial score (nSPS) is 11.9. The Morgan fingerprint density at radius 2 is 0.976 bits per heavy atom. The fourth-order valence-electron chi connectivity index (χ4n) is 3.85. The number of aliphatic carboxylic acids is 2. The number of nitrogens with one attached hydrogen (secondary N) is 2. The molecule has 42 heavy (non-hydrogen) atoms. The van der Waals surface area contributed by atoms with Gasteiger partial charge in [0.15, 0.2) is 23.6 Å². The summed E-state index contributed by atoms with van der Waals surface area (Å²) in [7, 11) is 2.47. The van der Waals surface area contributed by atoms with Gasteiger partial charge in [-0.15, -0.1) is 0 Å². The van der Waals surface area contributed by atoms with E-state index in [1.807, 2.05) is 0 Å². The number of nitro benzene ring substituents is 2. The lowest BCUT2D eigenvalue weighted by Crippen LogP contribution is -2.38. The summed E-state index contributed by atoms with van der Waals surface area (Å²) in [5.41, 5.74) is -1.47. The van der Waals surface area contributed by atoms with Crippen molar-refractivity contribution in [2.75, 3.05) is 14.2 Å². The summed E-state index contributed by atoms with van der Waals surface area (Å²) in [6.07, 6.45) is 0. The number of carbonyl (C=O) groups is 4. The first-order valence-corrected chi connectivity index (χ1v) is 11.7. The van der Waals surface area contributed by atoms with E-state index in [2.05, 4.69) is 10.6 Å². The fourth-order valence-corrected chi connectivity index (χ4v) is 3.85. The van der Waals surface area contributed by atoms with Crippen molar-refractivity contribution in [2.24, 2.45) is 0 Å². The molecule has 0 bridgehead atoms. The van der Waals surface area contributed by atoms with E-state index in [0.717, 1.165) is 60.7 Å². The highest BCUT2D eigenvalue weighted by Crippen LogP contribution is 2.37. The van der Waals surface area contributed by atoms with E-state index in [1.54, 1.807) is 0 Å². The second kappa shape index (κ2) is 12.9. The zero-order chi connectivity index (χ0) is 31.1. The van der Waals surface area contributed by atoms with E-state index < -0.39 is 45.7 Å². The van der Waals surface area contributed by atoms with Gasteiger partial charge in [0.05, 0.1) is 24.1 Å². The van der Waals surface area contributed by atoms with Gasteiger partial charge in [-0.2, -0.15) is 0 Å². The summed E-state index contributed by atoms with van der Waals surface area (Å²) >= 11 is 0. The monoisotopic (exact) mass is 582 g/mol. The Balaban J connectivity index is 2.07. The molecule has 0 aliphatic heterocycles. The van der Waals surface area contributed by atoms with Crippen molar-refractivity contribution < 1.29 is 48.7 Å². The number of hydrogen-bond acceptors (Lipinski definition) is 10.